The number of benzene rings is 2. The second-order valence-corrected chi connectivity index (χ2v) is 38.0. The quantitative estimate of drug-likeness (QED) is 0.0145. The van der Waals surface area contributed by atoms with Crippen molar-refractivity contribution in [3.63, 3.8) is 0 Å². The molecule has 0 saturated carbocycles. The average molecular weight is 2010 g/mol. The molecule has 0 spiro atoms. The van der Waals surface area contributed by atoms with Crippen LogP contribution in [0.5, 0.6) is 17.2 Å². The van der Waals surface area contributed by atoms with Gasteiger partial charge in [-0.05, 0) is 157 Å². The van der Waals surface area contributed by atoms with Crippen LogP contribution in [0.3, 0.4) is 0 Å². The van der Waals surface area contributed by atoms with Gasteiger partial charge in [0, 0.05) is 80.8 Å². The number of halogens is 1. The Morgan fingerprint density at radius 2 is 1.48 bits per heavy atom. The predicted octanol–water partition coefficient (Wildman–Crippen LogP) is 4.26. The molecular weight excluding hydrogens is 1890 g/mol. The number of nitrogens with two attached hydrogens (primary N) is 2. The van der Waals surface area contributed by atoms with Gasteiger partial charge in [-0.25, -0.2) is 14.4 Å². The molecule has 4 heterocycles. The number of ether oxygens (including phenoxy) is 13. The molecule has 2 aliphatic carbocycles. The van der Waals surface area contributed by atoms with Crippen LogP contribution in [0.15, 0.2) is 59.3 Å². The van der Waals surface area contributed by atoms with E-state index in [4.69, 9.17) is 77.9 Å². The van der Waals surface area contributed by atoms with E-state index in [1.807, 2.05) is 36.4 Å². The molecule has 4 saturated heterocycles. The molecule has 40 nitrogen and oxygen atoms in total. The third kappa shape index (κ3) is 29.4. The molecule has 44 heteroatoms. The number of thioether (sulfide) groups is 1. The van der Waals surface area contributed by atoms with Crippen LogP contribution in [-0.2, 0) is 87.6 Å². The van der Waals surface area contributed by atoms with Crippen LogP contribution in [0.25, 0.3) is 0 Å². The molecule has 2 aromatic rings. The number of fused-ring (bicyclic) bond motifs is 2. The Hall–Kier alpha value is -8.18. The summed E-state index contributed by atoms with van der Waals surface area (Å²) in [5.41, 5.74) is 12.2. The first-order valence-corrected chi connectivity index (χ1v) is 47.1. The highest BCUT2D eigenvalue weighted by Gasteiger charge is 2.53. The number of carboxylic acids is 1. The Kier molecular flexibility index (Phi) is 42.1. The predicted molar refractivity (Wildman–Crippen MR) is 487 cm³/mol. The van der Waals surface area contributed by atoms with Gasteiger partial charge in [-0.1, -0.05) is 89.1 Å². The number of nitrogens with zero attached hydrogens (tertiary/aromatic N) is 1. The molecule has 4 fully saturated rings. The van der Waals surface area contributed by atoms with Gasteiger partial charge < -0.3 is 135 Å². The third-order valence-corrected chi connectivity index (χ3v) is 28.3. The van der Waals surface area contributed by atoms with Crippen molar-refractivity contribution in [3.8, 4) is 40.9 Å². The van der Waals surface area contributed by atoms with Gasteiger partial charge >= 0.3 is 24.2 Å². The maximum atomic E-state index is 14.7. The lowest BCUT2D eigenvalue weighted by molar-refractivity contribution is -0.337. The van der Waals surface area contributed by atoms with Gasteiger partial charge in [-0.2, -0.15) is 5.48 Å². The smallest absolute Gasteiger partial charge is 0.411 e. The second-order valence-electron chi connectivity index (χ2n) is 32.8. The molecule has 0 aromatic heterocycles. The summed E-state index contributed by atoms with van der Waals surface area (Å²) in [6, 6.07) is 0.0744. The van der Waals surface area contributed by atoms with E-state index in [0.29, 0.717) is 40.5 Å². The molecule has 2 bridgehead atoms. The summed E-state index contributed by atoms with van der Waals surface area (Å²) in [6.07, 6.45) is -16.4. The summed E-state index contributed by atoms with van der Waals surface area (Å²) in [5, 5.41) is 83.4. The minimum Gasteiger partial charge on any atom is -0.492 e. The number of carboxylic acid groups (broad SMARTS) is 1. The van der Waals surface area contributed by atoms with Crippen molar-refractivity contribution in [2.24, 2.45) is 17.4 Å². The van der Waals surface area contributed by atoms with Gasteiger partial charge in [0.15, 0.2) is 41.8 Å². The fourth-order valence-corrected chi connectivity index (χ4v) is 19.6. The summed E-state index contributed by atoms with van der Waals surface area (Å²) < 4.78 is 79.1. The van der Waals surface area contributed by atoms with Gasteiger partial charge in [0.1, 0.15) is 61.4 Å². The van der Waals surface area contributed by atoms with Crippen molar-refractivity contribution in [2.75, 3.05) is 72.9 Å². The summed E-state index contributed by atoms with van der Waals surface area (Å²) in [4.78, 5) is 141. The van der Waals surface area contributed by atoms with E-state index in [0.717, 1.165) is 18.9 Å². The maximum absolute atomic E-state index is 14.7. The maximum Gasteiger partial charge on any atom is 0.411 e. The monoisotopic (exact) mass is 2010 g/mol. The van der Waals surface area contributed by atoms with Gasteiger partial charge in [0.25, 0.3) is 0 Å². The van der Waals surface area contributed by atoms with E-state index < -0.39 is 215 Å². The van der Waals surface area contributed by atoms with Gasteiger partial charge in [0.2, 0.25) is 40.8 Å². The van der Waals surface area contributed by atoms with Crippen LogP contribution in [0.4, 0.5) is 20.1 Å². The minimum absolute atomic E-state index is 0.0155. The number of hydrogen-bond acceptors (Lipinski definition) is 34. The summed E-state index contributed by atoms with van der Waals surface area (Å²) in [6.45, 7) is 16.5. The van der Waals surface area contributed by atoms with Crippen LogP contribution in [0.2, 0.25) is 0 Å². The summed E-state index contributed by atoms with van der Waals surface area (Å²) >= 11 is 2.73. The Balaban J connectivity index is 1.02. The van der Waals surface area contributed by atoms with Crippen LogP contribution in [-0.4, -0.2) is 300 Å². The number of methoxy groups -OCH3 is 5. The number of carbonyl (C=O) groups is 10. The number of alkyl carbamates (subject to hydrolysis) is 1. The number of hydroxylamine groups is 1. The number of anilines is 1. The average Bonchev–Trinajstić information content (AvgIpc) is 0.751. The standard InChI is InChI=1S/C87H123IN10O30S3/c1-16-98(85(113)121-41-49-27-29-50(30-28-49)93-77(107)53(25-23-36-91-83(90)111)94-79(109)65(43(2)3)95-78(108)52(92-48(8)99)24-20-22-35-89)54-42-120-60(39-58(54)115-11)126-74-69(105)66(45(5)123-82(74)125-57-26-19-17-18-21-33-87(114)40-56(101)67(96-84(112)119-15)63(57)51(87)32-37-129-131-86(9,10)34-31-59(102)103)97-128-61-38-55(100)76(47(7)122-61)130-80(110)62-44(4)64(88)72(75(118-14)71(62)116-12)127-81-70(106)73(117-13)68(104)46(6)124-81/h17-18,27-30,32,43,45-47,52-55,57-58,60-61,65-66,68-70,73-74,76,81-82,97,100,104-106,114H,16,20,22-25,31,34-42,89H2,1-15H3,(H,92,99)(H,93,107)(H,94,109)(H,95,108)(H,96,112)(H,102,103)(H3,90,91,111)/b18-17-,51-32+/t45-,46+,47-,52+,53+,54+,55+,57+,58+,60+,61+,65+,66-,68+,69+,70-,73-,74-,76-,81+,82+,87+/m1/s1. The lowest BCUT2D eigenvalue weighted by Crippen LogP contribution is -2.65. The van der Waals surface area contributed by atoms with E-state index in [1.54, 1.807) is 78.8 Å². The zero-order valence-corrected chi connectivity index (χ0v) is 80.3. The first-order valence-electron chi connectivity index (χ1n) is 42.8. The number of hydrogen-bond donors (Lipinski definition) is 15. The molecule has 0 radical (unpaired) electrons. The molecule has 22 atom stereocenters. The lowest BCUT2D eigenvalue weighted by Gasteiger charge is -2.47. The molecule has 17 N–H and O–H groups in total. The fourth-order valence-electron chi connectivity index (χ4n) is 15.4. The highest BCUT2D eigenvalue weighted by Crippen LogP contribution is 2.50. The Bertz CT molecular complexity index is 4540. The largest absolute Gasteiger partial charge is 0.492 e. The van der Waals surface area contributed by atoms with Crippen molar-refractivity contribution < 1.29 is 145 Å². The Morgan fingerprint density at radius 1 is 0.794 bits per heavy atom. The molecular formula is C87H123IN10O30S3. The number of allylic oxidation sites excluding steroid dienone is 3. The zero-order valence-electron chi connectivity index (χ0n) is 75.7. The Morgan fingerprint density at radius 3 is 2.11 bits per heavy atom. The first kappa shape index (κ1) is 108. The number of unbranched alkanes of at least 4 members (excludes halogenated alkanes) is 1. The fraction of sp³-hybridized carbons (Fsp3) is 0.632. The van der Waals surface area contributed by atoms with E-state index >= 15 is 0 Å². The number of carbonyl (C=O) groups excluding carboxylic acids is 9. The number of ketones is 1. The van der Waals surface area contributed by atoms with Crippen LogP contribution in [0, 0.1) is 40.1 Å². The van der Waals surface area contributed by atoms with Crippen molar-refractivity contribution in [2.45, 2.75) is 278 Å². The normalized spacial score (nSPS) is 27.8. The molecule has 131 heavy (non-hydrogen) atoms. The van der Waals surface area contributed by atoms with E-state index in [9.17, 15) is 78.6 Å². The van der Waals surface area contributed by atoms with Crippen LogP contribution >= 0.6 is 55.9 Å². The summed E-state index contributed by atoms with van der Waals surface area (Å²) in [5.74, 6) is 6.86. The van der Waals surface area contributed by atoms with Crippen molar-refractivity contribution in [3.05, 3.63) is 79.6 Å². The number of aliphatic hydroxyl groups is 5. The number of primary amides is 1. The number of aliphatic hydroxyl groups excluding tert-OH is 4. The number of likely N-dealkylation sites (N-methyl/N-ethyl adjacent to an activating group) is 1. The number of urea groups is 1. The van der Waals surface area contributed by atoms with E-state index in [2.05, 4.69) is 61.1 Å². The van der Waals surface area contributed by atoms with Crippen LogP contribution < -0.4 is 63.1 Å². The Labute approximate surface area is 786 Å². The molecule has 2 aromatic carbocycles. The number of rotatable bonds is 43. The topological polar surface area (TPSA) is 561 Å². The SMILES string of the molecule is CCN(C(=O)OCc1ccc(NC(=O)[C@H](CCCNC(N)=O)NC(=O)[C@@H](NC(=O)[C@H](CCCCN)NC(C)=O)C(C)C)cc1)[C@H]1CO[C@@H](O[C@H]2[C@H](O[C@H]3C#C/C=C\C#C[C@]4(O)CC(=O)C(NC(=O)OC)=C3/C4=C\CSSC(C)(C)CCC(=O)O)O[C@H](C)[C@@H](NO[C@H]3C[C@H](O)[C@H](SC(=O)c4c(C)c(I)c(O[C@@H]5O[C@@H](C)[C@H](O)[C@@H](OC)[C@H]5O)c(OC)c4OC)[C@@H](C)O3)[C@@H]2O)C[C@@H]1OC. The highest BCUT2D eigenvalue weighted by atomic mass is 127. The highest BCUT2D eigenvalue weighted by molar-refractivity contribution is 14.1. The molecule has 8 amide bonds. The second kappa shape index (κ2) is 51.0. The van der Waals surface area contributed by atoms with Crippen molar-refractivity contribution in [1.29, 1.82) is 0 Å². The lowest BCUT2D eigenvalue weighted by atomic mass is 9.75. The van der Waals surface area contributed by atoms with Gasteiger partial charge in [-0.15, -0.1) is 0 Å². The molecule has 8 rings (SSSR count). The van der Waals surface area contributed by atoms with Crippen LogP contribution in [0.1, 0.15) is 148 Å². The summed E-state index contributed by atoms with van der Waals surface area (Å²) in [7, 11) is 9.15. The van der Waals surface area contributed by atoms with E-state index in [-0.39, 0.29) is 110 Å². The van der Waals surface area contributed by atoms with E-state index in [1.165, 1.54) is 74.0 Å². The number of amides is 8. The van der Waals surface area contributed by atoms with Crippen molar-refractivity contribution >= 4 is 120 Å². The molecule has 6 aliphatic rings. The minimum atomic E-state index is -2.26. The molecule has 726 valence electrons. The van der Waals surface area contributed by atoms with Gasteiger partial charge in [0.05, 0.1) is 97.0 Å². The van der Waals surface area contributed by atoms with Gasteiger partial charge in [-0.3, -0.25) is 43.7 Å². The molecule has 4 aliphatic heterocycles. The third-order valence-electron chi connectivity index (χ3n) is 22.4. The molecule has 0 unspecified atom stereocenters. The number of aliphatic carboxylic acids is 1. The number of nitrogens with one attached hydrogen (secondary N) is 7. The van der Waals surface area contributed by atoms with Crippen molar-refractivity contribution in [1.82, 2.24) is 37.0 Å². The first-order chi connectivity index (χ1) is 62.2. The zero-order chi connectivity index (χ0) is 96.5. The number of Topliss-reactive ketones (excluding diaryl/α,β-unsaturated/α-hetero) is 1.